The molecule has 1 aromatic carbocycles. The van der Waals surface area contributed by atoms with E-state index in [1.54, 1.807) is 6.07 Å². The van der Waals surface area contributed by atoms with Gasteiger partial charge in [-0.15, -0.1) is 0 Å². The molecule has 1 aromatic rings. The first-order valence-electron chi connectivity index (χ1n) is 8.46. The van der Waals surface area contributed by atoms with E-state index in [0.717, 1.165) is 12.8 Å². The van der Waals surface area contributed by atoms with Crippen LogP contribution in [0.1, 0.15) is 63.0 Å². The van der Waals surface area contributed by atoms with E-state index in [4.69, 9.17) is 0 Å². The van der Waals surface area contributed by atoms with Crippen molar-refractivity contribution < 1.29 is 9.90 Å². The minimum atomic E-state index is 0.136. The third-order valence-electron chi connectivity index (χ3n) is 5.74. The van der Waals surface area contributed by atoms with Crippen LogP contribution in [0, 0.1) is 17.8 Å². The van der Waals surface area contributed by atoms with Crippen molar-refractivity contribution in [3.05, 3.63) is 29.3 Å². The molecular formula is C19H26O2. The number of fused-ring (bicyclic) bond motifs is 3. The van der Waals surface area contributed by atoms with Crippen molar-refractivity contribution in [2.45, 2.75) is 58.3 Å². The summed E-state index contributed by atoms with van der Waals surface area (Å²) < 4.78 is 0. The molecule has 0 saturated heterocycles. The van der Waals surface area contributed by atoms with Crippen LogP contribution in [0.3, 0.4) is 0 Å². The smallest absolute Gasteiger partial charge is 0.136 e. The van der Waals surface area contributed by atoms with Gasteiger partial charge in [-0.3, -0.25) is 4.79 Å². The van der Waals surface area contributed by atoms with Crippen molar-refractivity contribution >= 4 is 5.78 Å². The van der Waals surface area contributed by atoms with Gasteiger partial charge < -0.3 is 5.11 Å². The Morgan fingerprint density at radius 3 is 2.90 bits per heavy atom. The molecule has 2 heteroatoms. The first-order valence-corrected chi connectivity index (χ1v) is 8.46. The van der Waals surface area contributed by atoms with Crippen LogP contribution in [-0.4, -0.2) is 10.9 Å². The highest BCUT2D eigenvalue weighted by atomic mass is 16.3. The molecule has 21 heavy (non-hydrogen) atoms. The highest BCUT2D eigenvalue weighted by molar-refractivity contribution is 5.83. The lowest BCUT2D eigenvalue weighted by Gasteiger charge is -2.45. The molecule has 1 fully saturated rings. The minimum Gasteiger partial charge on any atom is -0.508 e. The molecular weight excluding hydrogens is 260 g/mol. The van der Waals surface area contributed by atoms with Gasteiger partial charge in [-0.2, -0.15) is 0 Å². The van der Waals surface area contributed by atoms with E-state index in [-0.39, 0.29) is 5.92 Å². The van der Waals surface area contributed by atoms with E-state index in [0.29, 0.717) is 29.3 Å². The van der Waals surface area contributed by atoms with E-state index in [1.807, 2.05) is 6.07 Å². The number of aromatic hydroxyl groups is 1. The van der Waals surface area contributed by atoms with Crippen molar-refractivity contribution in [3.63, 3.8) is 0 Å². The Bertz CT molecular complexity index is 534. The number of unbranched alkanes of at least 4 members (excludes halogenated alkanes) is 1. The molecule has 114 valence electrons. The molecule has 4 atom stereocenters. The average molecular weight is 286 g/mol. The highest BCUT2D eigenvalue weighted by Crippen LogP contribution is 2.50. The van der Waals surface area contributed by atoms with Crippen LogP contribution in [0.2, 0.25) is 0 Å². The van der Waals surface area contributed by atoms with Gasteiger partial charge in [-0.1, -0.05) is 32.8 Å². The van der Waals surface area contributed by atoms with Gasteiger partial charge in [0.15, 0.2) is 0 Å². The Kier molecular flexibility index (Phi) is 4.05. The third-order valence-corrected chi connectivity index (χ3v) is 5.74. The number of carbonyl (C=O) groups is 1. The number of aryl methyl sites for hydroxylation is 1. The third kappa shape index (κ3) is 2.61. The first-order chi connectivity index (χ1) is 10.1. The zero-order chi connectivity index (χ0) is 15.0. The Balaban J connectivity index is 1.94. The molecule has 1 saturated carbocycles. The SMILES string of the molecule is CCCCC1CC(=O)C(C)C2c3ccc(O)cc3CCC12. The van der Waals surface area contributed by atoms with Gasteiger partial charge >= 0.3 is 0 Å². The van der Waals surface area contributed by atoms with Crippen LogP contribution in [0.4, 0.5) is 0 Å². The molecule has 2 aliphatic rings. The van der Waals surface area contributed by atoms with Crippen LogP contribution in [0.15, 0.2) is 18.2 Å². The number of benzene rings is 1. The molecule has 3 rings (SSSR count). The number of phenols is 1. The summed E-state index contributed by atoms with van der Waals surface area (Å²) in [5, 5.41) is 9.70. The Hall–Kier alpha value is -1.31. The Morgan fingerprint density at radius 2 is 2.14 bits per heavy atom. The predicted molar refractivity (Wildman–Crippen MR) is 84.5 cm³/mol. The van der Waals surface area contributed by atoms with E-state index < -0.39 is 0 Å². The van der Waals surface area contributed by atoms with E-state index in [2.05, 4.69) is 19.9 Å². The van der Waals surface area contributed by atoms with Gasteiger partial charge in [-0.25, -0.2) is 0 Å². The van der Waals surface area contributed by atoms with Crippen molar-refractivity contribution in [2.75, 3.05) is 0 Å². The van der Waals surface area contributed by atoms with Gasteiger partial charge in [0.25, 0.3) is 0 Å². The summed E-state index contributed by atoms with van der Waals surface area (Å²) in [5.41, 5.74) is 2.58. The zero-order valence-corrected chi connectivity index (χ0v) is 13.1. The number of hydrogen-bond donors (Lipinski definition) is 1. The summed E-state index contributed by atoms with van der Waals surface area (Å²) in [6.45, 7) is 4.34. The lowest BCUT2D eigenvalue weighted by Crippen LogP contribution is -2.40. The molecule has 0 aromatic heterocycles. The number of phenolic OH excluding ortho intramolecular Hbond substituents is 1. The molecule has 2 nitrogen and oxygen atoms in total. The molecule has 0 aliphatic heterocycles. The van der Waals surface area contributed by atoms with Gasteiger partial charge in [-0.05, 0) is 60.3 Å². The Morgan fingerprint density at radius 1 is 1.33 bits per heavy atom. The summed E-state index contributed by atoms with van der Waals surface area (Å²) in [4.78, 5) is 12.4. The predicted octanol–water partition coefficient (Wildman–Crippen LogP) is 4.45. The second-order valence-electron chi connectivity index (χ2n) is 6.97. The summed E-state index contributed by atoms with van der Waals surface area (Å²) in [6, 6.07) is 5.75. The molecule has 0 heterocycles. The van der Waals surface area contributed by atoms with E-state index >= 15 is 0 Å². The number of ketones is 1. The number of hydrogen-bond acceptors (Lipinski definition) is 2. The normalized spacial score (nSPS) is 31.6. The fourth-order valence-electron chi connectivity index (χ4n) is 4.61. The van der Waals surface area contributed by atoms with Crippen LogP contribution < -0.4 is 0 Å². The summed E-state index contributed by atoms with van der Waals surface area (Å²) in [5.74, 6) is 2.53. The quantitative estimate of drug-likeness (QED) is 0.891. The monoisotopic (exact) mass is 286 g/mol. The molecule has 1 N–H and O–H groups in total. The van der Waals surface area contributed by atoms with Gasteiger partial charge in [0.05, 0.1) is 0 Å². The second kappa shape index (κ2) is 5.82. The first kappa shape index (κ1) is 14.6. The fourth-order valence-corrected chi connectivity index (χ4v) is 4.61. The number of rotatable bonds is 3. The van der Waals surface area contributed by atoms with Gasteiger partial charge in [0.2, 0.25) is 0 Å². The van der Waals surface area contributed by atoms with Crippen LogP contribution in [0.5, 0.6) is 5.75 Å². The summed E-state index contributed by atoms with van der Waals surface area (Å²) in [7, 11) is 0. The maximum atomic E-state index is 12.4. The summed E-state index contributed by atoms with van der Waals surface area (Å²) in [6.07, 6.45) is 6.65. The molecule has 2 aliphatic carbocycles. The average Bonchev–Trinajstić information content (AvgIpc) is 2.48. The lowest BCUT2D eigenvalue weighted by atomic mass is 9.58. The topological polar surface area (TPSA) is 37.3 Å². The summed E-state index contributed by atoms with van der Waals surface area (Å²) >= 11 is 0. The van der Waals surface area contributed by atoms with Gasteiger partial charge in [0.1, 0.15) is 11.5 Å². The maximum Gasteiger partial charge on any atom is 0.136 e. The van der Waals surface area contributed by atoms with Crippen LogP contribution in [-0.2, 0) is 11.2 Å². The van der Waals surface area contributed by atoms with Crippen molar-refractivity contribution in [2.24, 2.45) is 17.8 Å². The standard InChI is InChI=1S/C19H26O2/c1-3-4-5-13-11-18(21)12(2)19-16(13)8-6-14-10-15(20)7-9-17(14)19/h7,9-10,12-13,16,19-20H,3-6,8,11H2,1-2H3. The van der Waals surface area contributed by atoms with E-state index in [9.17, 15) is 9.90 Å². The van der Waals surface area contributed by atoms with Crippen molar-refractivity contribution in [3.8, 4) is 5.75 Å². The largest absolute Gasteiger partial charge is 0.508 e. The number of carbonyl (C=O) groups excluding carboxylic acids is 1. The molecule has 4 unspecified atom stereocenters. The lowest BCUT2D eigenvalue weighted by molar-refractivity contribution is -0.128. The number of Topliss-reactive ketones (excluding diaryl/α,β-unsaturated/α-hetero) is 1. The highest BCUT2D eigenvalue weighted by Gasteiger charge is 2.44. The molecule has 0 spiro atoms. The fraction of sp³-hybridized carbons (Fsp3) is 0.632. The molecule has 0 radical (unpaired) electrons. The Labute approximate surface area is 127 Å². The zero-order valence-electron chi connectivity index (χ0n) is 13.1. The minimum absolute atomic E-state index is 0.136. The molecule has 0 amide bonds. The van der Waals surface area contributed by atoms with Gasteiger partial charge in [0, 0.05) is 12.3 Å². The molecule has 0 bridgehead atoms. The second-order valence-corrected chi connectivity index (χ2v) is 6.97. The van der Waals surface area contributed by atoms with Crippen molar-refractivity contribution in [1.82, 2.24) is 0 Å². The van der Waals surface area contributed by atoms with Crippen molar-refractivity contribution in [1.29, 1.82) is 0 Å². The van der Waals surface area contributed by atoms with Crippen LogP contribution >= 0.6 is 0 Å². The van der Waals surface area contributed by atoms with Crippen LogP contribution in [0.25, 0.3) is 0 Å². The van der Waals surface area contributed by atoms with E-state index in [1.165, 1.54) is 36.8 Å². The maximum absolute atomic E-state index is 12.4.